The predicted octanol–water partition coefficient (Wildman–Crippen LogP) is 3.46. The van der Waals surface area contributed by atoms with E-state index in [4.69, 9.17) is 0 Å². The number of hydrogen-bond donors (Lipinski definition) is 1. The van der Waals surface area contributed by atoms with Gasteiger partial charge in [0.2, 0.25) is 0 Å². The van der Waals surface area contributed by atoms with E-state index in [0.29, 0.717) is 6.42 Å². The fourth-order valence-electron chi connectivity index (χ4n) is 2.44. The van der Waals surface area contributed by atoms with Gasteiger partial charge >= 0.3 is 0 Å². The van der Waals surface area contributed by atoms with Crippen molar-refractivity contribution in [3.8, 4) is 0 Å². The van der Waals surface area contributed by atoms with Crippen molar-refractivity contribution in [2.45, 2.75) is 39.3 Å². The molecular weight excluding hydrogens is 272 g/mol. The first-order valence-corrected chi connectivity index (χ1v) is 7.34. The molecule has 5 heteroatoms. The van der Waals surface area contributed by atoms with E-state index in [9.17, 15) is 8.78 Å². The van der Waals surface area contributed by atoms with Crippen LogP contribution in [0.5, 0.6) is 0 Å². The lowest BCUT2D eigenvalue weighted by Crippen LogP contribution is -2.24. The number of imidazole rings is 1. The van der Waals surface area contributed by atoms with E-state index in [1.807, 2.05) is 13.1 Å². The summed E-state index contributed by atoms with van der Waals surface area (Å²) in [5, 5.41) is 3.31. The molecule has 0 spiro atoms. The average Bonchev–Trinajstić information content (AvgIpc) is 2.89. The zero-order valence-corrected chi connectivity index (χ0v) is 12.4. The molecule has 2 rings (SSSR count). The van der Waals surface area contributed by atoms with E-state index in [-0.39, 0.29) is 6.04 Å². The van der Waals surface area contributed by atoms with Crippen LogP contribution < -0.4 is 5.32 Å². The van der Waals surface area contributed by atoms with E-state index in [2.05, 4.69) is 21.8 Å². The summed E-state index contributed by atoms with van der Waals surface area (Å²) in [6, 6.07) is 3.98. The fraction of sp³-hybridized carbons (Fsp3) is 0.438. The number of rotatable bonds is 7. The Morgan fingerprint density at radius 2 is 2.05 bits per heavy atom. The summed E-state index contributed by atoms with van der Waals surface area (Å²) in [7, 11) is 0. The summed E-state index contributed by atoms with van der Waals surface area (Å²) in [5.74, 6) is -0.679. The van der Waals surface area contributed by atoms with Gasteiger partial charge in [0.1, 0.15) is 5.82 Å². The van der Waals surface area contributed by atoms with Gasteiger partial charge in [0, 0.05) is 31.4 Å². The van der Waals surface area contributed by atoms with Crippen LogP contribution in [0.25, 0.3) is 0 Å². The summed E-state index contributed by atoms with van der Waals surface area (Å²) in [6.07, 6.45) is 5.40. The molecule has 0 fully saturated rings. The summed E-state index contributed by atoms with van der Waals surface area (Å²) in [5.41, 5.74) is 0.738. The lowest BCUT2D eigenvalue weighted by Gasteiger charge is -2.19. The molecule has 3 nitrogen and oxygen atoms in total. The van der Waals surface area contributed by atoms with Gasteiger partial charge in [0.05, 0.1) is 0 Å². The molecule has 0 aliphatic carbocycles. The standard InChI is InChI=1S/C16H21F2N3/c1-3-8-21-9-7-20-16(21)11-15(19-4-2)12-5-6-13(17)14(18)10-12/h5-7,9-10,15,19H,3-4,8,11H2,1-2H3. The largest absolute Gasteiger partial charge is 0.335 e. The number of aryl methyl sites for hydroxylation is 1. The van der Waals surface area contributed by atoms with E-state index in [1.165, 1.54) is 12.1 Å². The van der Waals surface area contributed by atoms with Crippen molar-refractivity contribution in [2.24, 2.45) is 0 Å². The van der Waals surface area contributed by atoms with E-state index in [0.717, 1.165) is 30.9 Å². The third-order valence-corrected chi connectivity index (χ3v) is 3.45. The van der Waals surface area contributed by atoms with Gasteiger partial charge in [0.15, 0.2) is 11.6 Å². The molecule has 0 saturated carbocycles. The second kappa shape index (κ2) is 7.31. The van der Waals surface area contributed by atoms with Crippen LogP contribution in [0, 0.1) is 11.6 Å². The minimum Gasteiger partial charge on any atom is -0.335 e. The predicted molar refractivity (Wildman–Crippen MR) is 79.0 cm³/mol. The van der Waals surface area contributed by atoms with Gasteiger partial charge in [-0.3, -0.25) is 0 Å². The van der Waals surface area contributed by atoms with Crippen LogP contribution >= 0.6 is 0 Å². The molecule has 1 unspecified atom stereocenters. The van der Waals surface area contributed by atoms with Crippen molar-refractivity contribution in [3.05, 3.63) is 53.6 Å². The second-order valence-corrected chi connectivity index (χ2v) is 5.02. The first-order valence-electron chi connectivity index (χ1n) is 7.34. The maximum absolute atomic E-state index is 13.4. The molecule has 0 saturated heterocycles. The molecule has 1 aromatic carbocycles. The van der Waals surface area contributed by atoms with Crippen LogP contribution in [0.1, 0.15) is 37.7 Å². The molecule has 0 bridgehead atoms. The number of aromatic nitrogens is 2. The highest BCUT2D eigenvalue weighted by atomic mass is 19.2. The zero-order valence-electron chi connectivity index (χ0n) is 12.4. The number of benzene rings is 1. The molecule has 1 atom stereocenters. The number of hydrogen-bond acceptors (Lipinski definition) is 2. The van der Waals surface area contributed by atoms with Gasteiger partial charge in [-0.1, -0.05) is 19.9 Å². The van der Waals surface area contributed by atoms with Crippen molar-refractivity contribution >= 4 is 0 Å². The quantitative estimate of drug-likeness (QED) is 0.847. The third-order valence-electron chi connectivity index (χ3n) is 3.45. The van der Waals surface area contributed by atoms with E-state index < -0.39 is 11.6 Å². The van der Waals surface area contributed by atoms with E-state index >= 15 is 0 Å². The first kappa shape index (κ1) is 15.6. The van der Waals surface area contributed by atoms with E-state index in [1.54, 1.807) is 12.3 Å². The minimum absolute atomic E-state index is 0.0805. The normalized spacial score (nSPS) is 12.6. The fourth-order valence-corrected chi connectivity index (χ4v) is 2.44. The molecule has 114 valence electrons. The highest BCUT2D eigenvalue weighted by Gasteiger charge is 2.16. The SMILES string of the molecule is CCCn1ccnc1CC(NCC)c1ccc(F)c(F)c1. The molecule has 0 aliphatic rings. The van der Waals surface area contributed by atoms with Crippen molar-refractivity contribution < 1.29 is 8.78 Å². The first-order chi connectivity index (χ1) is 10.2. The molecule has 21 heavy (non-hydrogen) atoms. The van der Waals surface area contributed by atoms with Crippen LogP contribution in [0.15, 0.2) is 30.6 Å². The summed E-state index contributed by atoms with van der Waals surface area (Å²) in [4.78, 5) is 4.38. The topological polar surface area (TPSA) is 29.9 Å². The highest BCUT2D eigenvalue weighted by Crippen LogP contribution is 2.20. The van der Waals surface area contributed by atoms with Crippen LogP contribution in [0.4, 0.5) is 8.78 Å². The smallest absolute Gasteiger partial charge is 0.159 e. The maximum atomic E-state index is 13.4. The molecule has 0 radical (unpaired) electrons. The maximum Gasteiger partial charge on any atom is 0.159 e. The number of nitrogens with one attached hydrogen (secondary N) is 1. The Balaban J connectivity index is 2.22. The van der Waals surface area contributed by atoms with Gasteiger partial charge in [-0.2, -0.15) is 0 Å². The zero-order chi connectivity index (χ0) is 15.2. The van der Waals surface area contributed by atoms with Crippen molar-refractivity contribution in [1.82, 2.24) is 14.9 Å². The summed E-state index contributed by atoms with van der Waals surface area (Å²) in [6.45, 7) is 5.76. The van der Waals surface area contributed by atoms with Gasteiger partial charge in [-0.25, -0.2) is 13.8 Å². The van der Waals surface area contributed by atoms with Crippen molar-refractivity contribution in [2.75, 3.05) is 6.54 Å². The van der Waals surface area contributed by atoms with Crippen molar-refractivity contribution in [1.29, 1.82) is 0 Å². The van der Waals surface area contributed by atoms with Gasteiger partial charge in [-0.15, -0.1) is 0 Å². The second-order valence-electron chi connectivity index (χ2n) is 5.02. The van der Waals surface area contributed by atoms with Gasteiger partial charge in [0.25, 0.3) is 0 Å². The Labute approximate surface area is 124 Å². The van der Waals surface area contributed by atoms with Crippen molar-refractivity contribution in [3.63, 3.8) is 0 Å². The Morgan fingerprint density at radius 3 is 2.71 bits per heavy atom. The lowest BCUT2D eigenvalue weighted by molar-refractivity contribution is 0.490. The van der Waals surface area contributed by atoms with Crippen LogP contribution in [-0.2, 0) is 13.0 Å². The van der Waals surface area contributed by atoms with Gasteiger partial charge < -0.3 is 9.88 Å². The molecular formula is C16H21F2N3. The minimum atomic E-state index is -0.818. The van der Waals surface area contributed by atoms with Crippen LogP contribution in [0.3, 0.4) is 0 Å². The Hall–Kier alpha value is -1.75. The Morgan fingerprint density at radius 1 is 1.24 bits per heavy atom. The summed E-state index contributed by atoms with van der Waals surface area (Å²) < 4.78 is 28.6. The van der Waals surface area contributed by atoms with Gasteiger partial charge in [-0.05, 0) is 30.7 Å². The highest BCUT2D eigenvalue weighted by molar-refractivity contribution is 5.22. The monoisotopic (exact) mass is 293 g/mol. The number of nitrogens with zero attached hydrogens (tertiary/aromatic N) is 2. The Bertz CT molecular complexity index is 581. The molecule has 0 amide bonds. The lowest BCUT2D eigenvalue weighted by atomic mass is 10.0. The summed E-state index contributed by atoms with van der Waals surface area (Å²) >= 11 is 0. The number of halogens is 2. The number of likely N-dealkylation sites (N-methyl/N-ethyl adjacent to an activating group) is 1. The molecule has 1 heterocycles. The molecule has 0 aliphatic heterocycles. The van der Waals surface area contributed by atoms with Crippen LogP contribution in [-0.4, -0.2) is 16.1 Å². The molecule has 1 N–H and O–H groups in total. The molecule has 1 aromatic heterocycles. The molecule has 2 aromatic rings. The third kappa shape index (κ3) is 3.88. The average molecular weight is 293 g/mol. The Kier molecular flexibility index (Phi) is 5.44. The van der Waals surface area contributed by atoms with Crippen LogP contribution in [0.2, 0.25) is 0 Å².